The van der Waals surface area contributed by atoms with E-state index in [9.17, 15) is 4.79 Å². The minimum atomic E-state index is -0.0721. The summed E-state index contributed by atoms with van der Waals surface area (Å²) in [6, 6.07) is 1.05. The van der Waals surface area contributed by atoms with E-state index in [1.54, 1.807) is 13.0 Å². The van der Waals surface area contributed by atoms with Crippen molar-refractivity contribution in [1.29, 1.82) is 0 Å². The molecular formula is C34H57N2O3+. The van der Waals surface area contributed by atoms with Crippen molar-refractivity contribution >= 4 is 5.97 Å². The predicted octanol–water partition coefficient (Wildman–Crippen LogP) is 6.24. The number of carbonyl (C=O) groups excluding carboxylic acids is 1. The largest absolute Gasteiger partial charge is 0.456 e. The number of likely N-dealkylation sites (N-methyl/N-ethyl adjacent to an activating group) is 1. The van der Waals surface area contributed by atoms with E-state index < -0.39 is 0 Å². The highest BCUT2D eigenvalue weighted by molar-refractivity contribution is 5.66. The molecule has 39 heavy (non-hydrogen) atoms. The number of likely N-dealkylation sites (tertiary alicyclic amines) is 1. The van der Waals surface area contributed by atoms with Gasteiger partial charge in [0.05, 0.1) is 26.7 Å². The molecule has 2 heterocycles. The fraction of sp³-hybridized carbons (Fsp3) is 0.853. The predicted molar refractivity (Wildman–Crippen MR) is 158 cm³/mol. The summed E-state index contributed by atoms with van der Waals surface area (Å²) in [6.07, 6.45) is 18.6. The highest BCUT2D eigenvalue weighted by atomic mass is 16.5. The van der Waals surface area contributed by atoms with Crippen LogP contribution in [0.4, 0.5) is 0 Å². The standard InChI is InChI=1S/C31H51N2O3.C3H6/c1-22(34)36-29-28(33(4)16-5-6-17-33)20-27-25-11-9-23-8-10-24(32-14-7-18-35-19-15-32)21-31(23,3)26(25)12-13-30(27,29)2;1-3-2/h8,10,23-29H,5-7,9,11-21H2,1-4H3;3H,1H2,2H3/q+1;/t23-,24?,25?,26?,27?,28?,29?,30+,31+;/m1./s1. The van der Waals surface area contributed by atoms with E-state index in [1.165, 1.54) is 71.0 Å². The molecule has 0 N–H and O–H groups in total. The van der Waals surface area contributed by atoms with Crippen LogP contribution in [-0.4, -0.2) is 80.0 Å². The van der Waals surface area contributed by atoms with Crippen LogP contribution in [0.15, 0.2) is 24.8 Å². The number of rotatable bonds is 3. The first kappa shape index (κ1) is 29.3. The lowest BCUT2D eigenvalue weighted by Gasteiger charge is -2.60. The summed E-state index contributed by atoms with van der Waals surface area (Å²) in [6.45, 7) is 18.6. The quantitative estimate of drug-likeness (QED) is 0.241. The van der Waals surface area contributed by atoms with Gasteiger partial charge in [0.2, 0.25) is 0 Å². The molecule has 6 rings (SSSR count). The topological polar surface area (TPSA) is 38.8 Å². The molecule has 5 nitrogen and oxygen atoms in total. The highest BCUT2D eigenvalue weighted by Crippen LogP contribution is 2.67. The van der Waals surface area contributed by atoms with Crippen molar-refractivity contribution in [2.45, 2.75) is 104 Å². The summed E-state index contributed by atoms with van der Waals surface area (Å²) in [5, 5.41) is 0. The molecule has 0 bridgehead atoms. The molecule has 0 spiro atoms. The van der Waals surface area contributed by atoms with Crippen LogP contribution in [0.1, 0.15) is 85.5 Å². The molecule has 4 aliphatic carbocycles. The number of quaternary nitrogens is 1. The number of hydrogen-bond acceptors (Lipinski definition) is 4. The minimum Gasteiger partial charge on any atom is -0.456 e. The number of fused-ring (bicyclic) bond motifs is 5. The summed E-state index contributed by atoms with van der Waals surface area (Å²) < 4.78 is 13.2. The Balaban J connectivity index is 0.000000983. The second-order valence-corrected chi connectivity index (χ2v) is 14.6. The van der Waals surface area contributed by atoms with E-state index in [2.05, 4.69) is 44.5 Å². The van der Waals surface area contributed by atoms with Crippen LogP contribution in [0.3, 0.4) is 0 Å². The van der Waals surface area contributed by atoms with Crippen molar-refractivity contribution in [1.82, 2.24) is 4.90 Å². The van der Waals surface area contributed by atoms with Crippen LogP contribution >= 0.6 is 0 Å². The van der Waals surface area contributed by atoms with Crippen LogP contribution < -0.4 is 0 Å². The third-order valence-electron chi connectivity index (χ3n) is 12.5. The Hall–Kier alpha value is -1.17. The number of carbonyl (C=O) groups is 1. The minimum absolute atomic E-state index is 0.0721. The van der Waals surface area contributed by atoms with E-state index in [-0.39, 0.29) is 17.5 Å². The summed E-state index contributed by atoms with van der Waals surface area (Å²) >= 11 is 0. The summed E-state index contributed by atoms with van der Waals surface area (Å²) in [4.78, 5) is 15.1. The molecule has 0 aromatic carbocycles. The fourth-order valence-electron chi connectivity index (χ4n) is 10.6. The van der Waals surface area contributed by atoms with Crippen LogP contribution in [0.25, 0.3) is 0 Å². The maximum atomic E-state index is 12.4. The monoisotopic (exact) mass is 541 g/mol. The van der Waals surface area contributed by atoms with Gasteiger partial charge in [-0.15, -0.1) is 6.58 Å². The van der Waals surface area contributed by atoms with E-state index in [0.29, 0.717) is 23.4 Å². The Labute approximate surface area is 238 Å². The van der Waals surface area contributed by atoms with Crippen molar-refractivity contribution in [3.05, 3.63) is 24.8 Å². The first-order valence-electron chi connectivity index (χ1n) is 16.2. The average Bonchev–Trinajstić information content (AvgIpc) is 3.33. The molecule has 0 aromatic heterocycles. The molecule has 2 saturated heterocycles. The Bertz CT molecular complexity index is 904. The third kappa shape index (κ3) is 5.30. The molecule has 5 heteroatoms. The molecule has 0 aromatic rings. The highest BCUT2D eigenvalue weighted by Gasteiger charge is 2.66. The number of hydrogen-bond donors (Lipinski definition) is 0. The normalized spacial score (nSPS) is 45.1. The Kier molecular flexibility index (Phi) is 8.73. The van der Waals surface area contributed by atoms with E-state index in [0.717, 1.165) is 48.4 Å². The van der Waals surface area contributed by atoms with Crippen molar-refractivity contribution in [2.75, 3.05) is 46.4 Å². The van der Waals surface area contributed by atoms with Gasteiger partial charge in [-0.3, -0.25) is 9.69 Å². The molecule has 3 saturated carbocycles. The summed E-state index contributed by atoms with van der Waals surface area (Å²) in [7, 11) is 2.46. The van der Waals surface area contributed by atoms with Crippen molar-refractivity contribution in [3.8, 4) is 0 Å². The van der Waals surface area contributed by atoms with Gasteiger partial charge in [0.15, 0.2) is 6.10 Å². The number of nitrogens with zero attached hydrogens (tertiary/aromatic N) is 2. The molecule has 2 aliphatic heterocycles. The van der Waals surface area contributed by atoms with Crippen LogP contribution in [0.5, 0.6) is 0 Å². The van der Waals surface area contributed by atoms with Gasteiger partial charge in [-0.05, 0) is 74.5 Å². The first-order chi connectivity index (χ1) is 18.7. The Morgan fingerprint density at radius 3 is 2.51 bits per heavy atom. The van der Waals surface area contributed by atoms with Gasteiger partial charge in [0, 0.05) is 57.3 Å². The van der Waals surface area contributed by atoms with E-state index >= 15 is 0 Å². The van der Waals surface area contributed by atoms with Crippen LogP contribution in [0.2, 0.25) is 0 Å². The Morgan fingerprint density at radius 2 is 1.79 bits per heavy atom. The van der Waals surface area contributed by atoms with Crippen molar-refractivity contribution < 1.29 is 18.8 Å². The zero-order chi connectivity index (χ0) is 27.8. The number of ether oxygens (including phenoxy) is 2. The molecule has 6 unspecified atom stereocenters. The molecule has 0 radical (unpaired) electrons. The van der Waals surface area contributed by atoms with E-state index in [4.69, 9.17) is 9.47 Å². The van der Waals surface area contributed by atoms with Crippen molar-refractivity contribution in [3.63, 3.8) is 0 Å². The SMILES string of the molecule is C=CC.CC(=O)OC1C([N+]2(C)CCCC2)CC2C3CC[C@H]4C=CC(N5CCCOCC5)C[C@]4(C)C3CC[C@@]21C. The lowest BCUT2D eigenvalue weighted by molar-refractivity contribution is -0.924. The van der Waals surface area contributed by atoms with Gasteiger partial charge >= 0.3 is 5.97 Å². The number of allylic oxidation sites excluding steroid dienone is 2. The first-order valence-corrected chi connectivity index (χ1v) is 16.2. The lowest BCUT2D eigenvalue weighted by atomic mass is 9.46. The molecular weight excluding hydrogens is 484 g/mol. The molecule has 220 valence electrons. The second-order valence-electron chi connectivity index (χ2n) is 14.6. The molecule has 9 atom stereocenters. The van der Waals surface area contributed by atoms with Crippen molar-refractivity contribution in [2.24, 2.45) is 34.5 Å². The van der Waals surface area contributed by atoms with Gasteiger partial charge in [0.25, 0.3) is 0 Å². The van der Waals surface area contributed by atoms with E-state index in [1.807, 2.05) is 6.92 Å². The average molecular weight is 542 g/mol. The van der Waals surface area contributed by atoms with Gasteiger partial charge in [0.1, 0.15) is 6.04 Å². The Morgan fingerprint density at radius 1 is 1.05 bits per heavy atom. The zero-order valence-electron chi connectivity index (χ0n) is 25.7. The zero-order valence-corrected chi connectivity index (χ0v) is 25.7. The lowest BCUT2D eigenvalue weighted by Crippen LogP contribution is -2.58. The summed E-state index contributed by atoms with van der Waals surface area (Å²) in [5.41, 5.74) is 0.522. The van der Waals surface area contributed by atoms with Crippen LogP contribution in [0, 0.1) is 34.5 Å². The third-order valence-corrected chi connectivity index (χ3v) is 12.5. The second kappa shape index (κ2) is 11.6. The smallest absolute Gasteiger partial charge is 0.303 e. The van der Waals surface area contributed by atoms with Gasteiger partial charge in [-0.2, -0.15) is 0 Å². The maximum Gasteiger partial charge on any atom is 0.303 e. The molecule has 6 aliphatic rings. The molecule has 5 fully saturated rings. The number of esters is 1. The summed E-state index contributed by atoms with van der Waals surface area (Å²) in [5.74, 6) is 2.92. The maximum absolute atomic E-state index is 12.4. The van der Waals surface area contributed by atoms with Gasteiger partial charge < -0.3 is 14.0 Å². The molecule has 0 amide bonds. The van der Waals surface area contributed by atoms with Gasteiger partial charge in [-0.1, -0.05) is 32.1 Å². The fourth-order valence-corrected chi connectivity index (χ4v) is 10.6. The van der Waals surface area contributed by atoms with Crippen LogP contribution in [-0.2, 0) is 14.3 Å². The van der Waals surface area contributed by atoms with Gasteiger partial charge in [-0.25, -0.2) is 0 Å².